The average molecular weight is 214 g/mol. The minimum atomic E-state index is -4.42. The number of halogens is 1. The number of benzene rings is 1. The summed E-state index contributed by atoms with van der Waals surface area (Å²) >= 11 is 5.39. The Morgan fingerprint density at radius 3 is 2.33 bits per heavy atom. The number of hydrogen-bond donors (Lipinski definition) is 0. The maximum Gasteiger partial charge on any atom is 1.00 e. The van der Waals surface area contributed by atoms with Gasteiger partial charge in [0.15, 0.2) is 0 Å². The molecule has 0 aliphatic heterocycles. The molecule has 0 amide bonds. The van der Waals surface area contributed by atoms with E-state index in [0.717, 1.165) is 6.07 Å². The van der Waals surface area contributed by atoms with Crippen LogP contribution in [0.5, 0.6) is 0 Å². The van der Waals surface area contributed by atoms with Crippen molar-refractivity contribution in [3.8, 4) is 0 Å². The Hall–Kier alpha value is 0.420. The van der Waals surface area contributed by atoms with Crippen LogP contribution in [0, 0.1) is 6.07 Å². The van der Waals surface area contributed by atoms with Gasteiger partial charge in [-0.05, 0) is 12.1 Å². The van der Waals surface area contributed by atoms with Crippen LogP contribution in [0.1, 0.15) is 0 Å². The first-order chi connectivity index (χ1) is 5.00. The summed E-state index contributed by atoms with van der Waals surface area (Å²) in [6.07, 6.45) is 0. The summed E-state index contributed by atoms with van der Waals surface area (Å²) in [4.78, 5) is -0.426. The summed E-state index contributed by atoms with van der Waals surface area (Å²) in [7, 11) is -4.42. The molecule has 0 atom stereocenters. The predicted molar refractivity (Wildman–Crippen MR) is 38.3 cm³/mol. The van der Waals surface area contributed by atoms with Gasteiger partial charge in [0, 0.05) is 11.1 Å². The van der Waals surface area contributed by atoms with Gasteiger partial charge in [-0.25, -0.2) is 8.42 Å². The van der Waals surface area contributed by atoms with Gasteiger partial charge in [0.05, 0.1) is 4.90 Å². The molecule has 0 aliphatic rings. The van der Waals surface area contributed by atoms with Crippen molar-refractivity contribution in [2.45, 2.75) is 4.90 Å². The van der Waals surface area contributed by atoms with Gasteiger partial charge in [0.25, 0.3) is 0 Å². The van der Waals surface area contributed by atoms with Crippen molar-refractivity contribution in [1.29, 1.82) is 0 Å². The molecular weight excluding hydrogens is 211 g/mol. The van der Waals surface area contributed by atoms with E-state index in [0.29, 0.717) is 0 Å². The van der Waals surface area contributed by atoms with E-state index in [4.69, 9.17) is 11.6 Å². The van der Waals surface area contributed by atoms with E-state index in [9.17, 15) is 13.0 Å². The van der Waals surface area contributed by atoms with Gasteiger partial charge in [-0.1, -0.05) is 17.7 Å². The monoisotopic (exact) mass is 213 g/mol. The molecule has 59 valence electrons. The van der Waals surface area contributed by atoms with Gasteiger partial charge in [-0.2, -0.15) is 0 Å². The standard InChI is InChI=1S/C6H4ClO3S.Na/c7-5-2-1-3-6(4-5)11(8,9)10;/h1-3H,(H,8,9,10);/q;+1/p-1. The Labute approximate surface area is 97.8 Å². The van der Waals surface area contributed by atoms with Crippen molar-refractivity contribution in [2.75, 3.05) is 0 Å². The van der Waals surface area contributed by atoms with E-state index in [-0.39, 0.29) is 34.6 Å². The molecule has 0 fully saturated rings. The Bertz CT molecular complexity index is 363. The van der Waals surface area contributed by atoms with Crippen molar-refractivity contribution < 1.29 is 42.5 Å². The van der Waals surface area contributed by atoms with Crippen molar-refractivity contribution >= 4 is 21.7 Å². The van der Waals surface area contributed by atoms with Crippen molar-refractivity contribution in [3.05, 3.63) is 29.3 Å². The Kier molecular flexibility index (Phi) is 4.76. The van der Waals surface area contributed by atoms with Crippen LogP contribution in [0.3, 0.4) is 0 Å². The minimum absolute atomic E-state index is 0. The third-order valence-electron chi connectivity index (χ3n) is 1.00. The summed E-state index contributed by atoms with van der Waals surface area (Å²) in [6.45, 7) is 0. The molecule has 0 bridgehead atoms. The fourth-order valence-corrected chi connectivity index (χ4v) is 1.28. The summed E-state index contributed by atoms with van der Waals surface area (Å²) in [6, 6.07) is 6.18. The molecule has 3 nitrogen and oxygen atoms in total. The quantitative estimate of drug-likeness (QED) is 0.403. The van der Waals surface area contributed by atoms with Crippen LogP contribution >= 0.6 is 11.6 Å². The van der Waals surface area contributed by atoms with Crippen LogP contribution in [0.25, 0.3) is 0 Å². The molecule has 0 saturated heterocycles. The third kappa shape index (κ3) is 3.43. The van der Waals surface area contributed by atoms with E-state index in [1.54, 1.807) is 0 Å². The SMILES string of the molecule is O=S(=O)([O-])c1[c]c(Cl)ccc1.[Na+]. The van der Waals surface area contributed by atoms with Gasteiger partial charge in [0.2, 0.25) is 0 Å². The molecule has 1 rings (SSSR count). The zero-order valence-corrected chi connectivity index (χ0v) is 9.82. The van der Waals surface area contributed by atoms with E-state index < -0.39 is 15.0 Å². The van der Waals surface area contributed by atoms with Crippen molar-refractivity contribution in [3.63, 3.8) is 0 Å². The normalized spacial score (nSPS) is 10.5. The molecule has 0 unspecified atom stereocenters. The van der Waals surface area contributed by atoms with E-state index >= 15 is 0 Å². The topological polar surface area (TPSA) is 57.2 Å². The zero-order valence-electron chi connectivity index (χ0n) is 6.24. The van der Waals surface area contributed by atoms with Crippen LogP contribution in [0.2, 0.25) is 5.02 Å². The summed E-state index contributed by atoms with van der Waals surface area (Å²) in [5.41, 5.74) is 0. The second-order valence-electron chi connectivity index (χ2n) is 1.82. The number of rotatable bonds is 1. The van der Waals surface area contributed by atoms with Crippen molar-refractivity contribution in [2.24, 2.45) is 0 Å². The Morgan fingerprint density at radius 1 is 1.42 bits per heavy atom. The van der Waals surface area contributed by atoms with E-state index in [1.165, 1.54) is 12.1 Å². The Balaban J connectivity index is 0.00000121. The first-order valence-electron chi connectivity index (χ1n) is 2.64. The van der Waals surface area contributed by atoms with Crippen LogP contribution in [-0.2, 0) is 10.1 Å². The molecule has 12 heavy (non-hydrogen) atoms. The Morgan fingerprint density at radius 2 is 2.00 bits per heavy atom. The largest absolute Gasteiger partial charge is 1.00 e. The first-order valence-corrected chi connectivity index (χ1v) is 4.42. The average Bonchev–Trinajstić information content (AvgIpc) is 1.86. The summed E-state index contributed by atoms with van der Waals surface area (Å²) in [5.74, 6) is 0. The van der Waals surface area contributed by atoms with Gasteiger partial charge in [-0.15, -0.1) is 0 Å². The van der Waals surface area contributed by atoms with Gasteiger partial charge in [0.1, 0.15) is 10.1 Å². The predicted octanol–water partition coefficient (Wildman–Crippen LogP) is -1.95. The van der Waals surface area contributed by atoms with Crippen molar-refractivity contribution in [1.82, 2.24) is 0 Å². The van der Waals surface area contributed by atoms with Gasteiger partial charge < -0.3 is 4.55 Å². The molecule has 0 aliphatic carbocycles. The molecule has 1 aromatic rings. The molecule has 0 aromatic heterocycles. The molecule has 1 aromatic carbocycles. The van der Waals surface area contributed by atoms with Gasteiger partial charge in [-0.3, -0.25) is 0 Å². The van der Waals surface area contributed by atoms with Crippen LogP contribution in [0.4, 0.5) is 0 Å². The second-order valence-corrected chi connectivity index (χ2v) is 3.57. The number of hydrogen-bond acceptors (Lipinski definition) is 3. The van der Waals surface area contributed by atoms with Gasteiger partial charge >= 0.3 is 29.6 Å². The summed E-state index contributed by atoms with van der Waals surface area (Å²) < 4.78 is 31.0. The maximum atomic E-state index is 10.3. The molecule has 1 radical (unpaired) electrons. The zero-order chi connectivity index (χ0) is 8.48. The molecule has 0 N–H and O–H groups in total. The fourth-order valence-electron chi connectivity index (χ4n) is 0.567. The van der Waals surface area contributed by atoms with Crippen LogP contribution < -0.4 is 29.6 Å². The van der Waals surface area contributed by atoms with Crippen LogP contribution in [-0.4, -0.2) is 13.0 Å². The molecular formula is C6H3ClNaO3S. The molecule has 0 spiro atoms. The molecule has 6 heteroatoms. The summed E-state index contributed by atoms with van der Waals surface area (Å²) in [5, 5.41) is 0.113. The minimum Gasteiger partial charge on any atom is -0.744 e. The molecule has 0 saturated carbocycles. The first kappa shape index (κ1) is 12.4. The van der Waals surface area contributed by atoms with Crippen LogP contribution in [0.15, 0.2) is 23.1 Å². The molecule has 0 heterocycles. The second kappa shape index (κ2) is 4.60. The fraction of sp³-hybridized carbons (Fsp3) is 0. The smallest absolute Gasteiger partial charge is 0.744 e. The van der Waals surface area contributed by atoms with E-state index in [2.05, 4.69) is 6.07 Å². The maximum absolute atomic E-state index is 10.3. The third-order valence-corrected chi connectivity index (χ3v) is 2.00. The van der Waals surface area contributed by atoms with E-state index in [1.807, 2.05) is 0 Å².